The average molecular weight is 260 g/mol. The fourth-order valence-electron chi connectivity index (χ4n) is 3.49. The average Bonchev–Trinajstić information content (AvgIpc) is 2.85. The number of nitrogens with zero attached hydrogens (tertiary/aromatic N) is 2. The summed E-state index contributed by atoms with van der Waals surface area (Å²) in [6, 6.07) is 9.73. The fourth-order valence-corrected chi connectivity index (χ4v) is 3.49. The molecular formula is C16H24N2O. The number of rotatable bonds is 2. The second-order valence-corrected chi connectivity index (χ2v) is 6.06. The minimum absolute atomic E-state index is 0.377. The molecule has 3 nitrogen and oxygen atoms in total. The van der Waals surface area contributed by atoms with Crippen molar-refractivity contribution < 1.29 is 5.11 Å². The molecule has 3 heteroatoms. The van der Waals surface area contributed by atoms with Gasteiger partial charge in [-0.15, -0.1) is 0 Å². The smallest absolute Gasteiger partial charge is 0.0761 e. The number of anilines is 1. The highest BCUT2D eigenvalue weighted by atomic mass is 16.3. The van der Waals surface area contributed by atoms with Crippen LogP contribution in [0.5, 0.6) is 0 Å². The number of fused-ring (bicyclic) bond motifs is 1. The van der Waals surface area contributed by atoms with Crippen molar-refractivity contribution in [2.45, 2.75) is 44.9 Å². The molecule has 2 aliphatic rings. The van der Waals surface area contributed by atoms with Gasteiger partial charge in [0.25, 0.3) is 0 Å². The third-order valence-corrected chi connectivity index (χ3v) is 4.64. The van der Waals surface area contributed by atoms with Gasteiger partial charge < -0.3 is 10.0 Å². The molecular weight excluding hydrogens is 236 g/mol. The van der Waals surface area contributed by atoms with Crippen LogP contribution < -0.4 is 4.90 Å². The highest BCUT2D eigenvalue weighted by Gasteiger charge is 2.34. The Labute approximate surface area is 115 Å². The van der Waals surface area contributed by atoms with Gasteiger partial charge in [0.15, 0.2) is 0 Å². The fraction of sp³-hybridized carbons (Fsp3) is 0.625. The van der Waals surface area contributed by atoms with Crippen LogP contribution in [0.25, 0.3) is 0 Å². The van der Waals surface area contributed by atoms with E-state index in [0.717, 1.165) is 18.2 Å². The van der Waals surface area contributed by atoms with Gasteiger partial charge in [-0.3, -0.25) is 4.90 Å². The van der Waals surface area contributed by atoms with Gasteiger partial charge >= 0.3 is 0 Å². The Morgan fingerprint density at radius 3 is 2.63 bits per heavy atom. The molecule has 1 N–H and O–H groups in total. The normalized spacial score (nSPS) is 29.3. The van der Waals surface area contributed by atoms with E-state index in [1.807, 2.05) is 19.1 Å². The van der Waals surface area contributed by atoms with E-state index < -0.39 is 0 Å². The maximum absolute atomic E-state index is 9.58. The largest absolute Gasteiger partial charge is 0.389 e. The lowest BCUT2D eigenvalue weighted by molar-refractivity contribution is 0.199. The summed E-state index contributed by atoms with van der Waals surface area (Å²) in [5.41, 5.74) is 2.29. The molecule has 1 aromatic carbocycles. The molecule has 19 heavy (non-hydrogen) atoms. The van der Waals surface area contributed by atoms with Gasteiger partial charge in [-0.1, -0.05) is 12.1 Å². The van der Waals surface area contributed by atoms with Crippen LogP contribution in [0.4, 0.5) is 5.69 Å². The molecule has 1 aromatic rings. The molecule has 0 amide bonds. The van der Waals surface area contributed by atoms with Crippen LogP contribution in [0.3, 0.4) is 0 Å². The second-order valence-electron chi connectivity index (χ2n) is 6.06. The molecule has 0 aromatic heterocycles. The maximum atomic E-state index is 9.58. The summed E-state index contributed by atoms with van der Waals surface area (Å²) in [6.07, 6.45) is 2.32. The van der Waals surface area contributed by atoms with Crippen LogP contribution in [-0.4, -0.2) is 41.7 Å². The molecule has 0 saturated carbocycles. The molecule has 3 atom stereocenters. The van der Waals surface area contributed by atoms with Crippen LogP contribution in [0.15, 0.2) is 24.3 Å². The molecule has 2 fully saturated rings. The van der Waals surface area contributed by atoms with E-state index in [4.69, 9.17) is 0 Å². The lowest BCUT2D eigenvalue weighted by Gasteiger charge is -2.43. The van der Waals surface area contributed by atoms with Crippen LogP contribution in [0.1, 0.15) is 38.4 Å². The van der Waals surface area contributed by atoms with E-state index in [9.17, 15) is 5.11 Å². The third-order valence-electron chi connectivity index (χ3n) is 4.64. The Morgan fingerprint density at radius 2 is 1.95 bits per heavy atom. The SMILES string of the molecule is CC1CN2CCCC2CN1c1ccc([C@H](C)O)cc1. The summed E-state index contributed by atoms with van der Waals surface area (Å²) >= 11 is 0. The lowest BCUT2D eigenvalue weighted by atomic mass is 10.1. The van der Waals surface area contributed by atoms with Crippen LogP contribution >= 0.6 is 0 Å². The predicted octanol–water partition coefficient (Wildman–Crippen LogP) is 2.41. The van der Waals surface area contributed by atoms with Gasteiger partial charge in [-0.25, -0.2) is 0 Å². The summed E-state index contributed by atoms with van der Waals surface area (Å²) in [5, 5.41) is 9.58. The van der Waals surface area contributed by atoms with Crippen molar-refractivity contribution in [3.05, 3.63) is 29.8 Å². The zero-order valence-corrected chi connectivity index (χ0v) is 11.9. The van der Waals surface area contributed by atoms with E-state index in [1.54, 1.807) is 0 Å². The molecule has 3 rings (SSSR count). The summed E-state index contributed by atoms with van der Waals surface area (Å²) in [7, 11) is 0. The van der Waals surface area contributed by atoms with Gasteiger partial charge in [-0.2, -0.15) is 0 Å². The maximum Gasteiger partial charge on any atom is 0.0761 e. The van der Waals surface area contributed by atoms with Gasteiger partial charge in [-0.05, 0) is 50.9 Å². The number of hydrogen-bond donors (Lipinski definition) is 1. The Hall–Kier alpha value is -1.06. The van der Waals surface area contributed by atoms with Gasteiger partial charge in [0.05, 0.1) is 6.10 Å². The first kappa shape index (κ1) is 12.9. The predicted molar refractivity (Wildman–Crippen MR) is 78.5 cm³/mol. The minimum atomic E-state index is -0.377. The molecule has 2 unspecified atom stereocenters. The Bertz CT molecular complexity index is 429. The number of aliphatic hydroxyl groups is 1. The first-order chi connectivity index (χ1) is 9.15. The first-order valence-corrected chi connectivity index (χ1v) is 7.44. The van der Waals surface area contributed by atoms with Crippen LogP contribution in [0, 0.1) is 0 Å². The van der Waals surface area contributed by atoms with Crippen molar-refractivity contribution in [1.29, 1.82) is 0 Å². The number of aliphatic hydroxyl groups excluding tert-OH is 1. The van der Waals surface area contributed by atoms with E-state index in [1.165, 1.54) is 31.6 Å². The summed E-state index contributed by atoms with van der Waals surface area (Å²) in [4.78, 5) is 5.17. The molecule has 2 saturated heterocycles. The molecule has 0 radical (unpaired) electrons. The number of piperazine rings is 1. The third kappa shape index (κ3) is 2.49. The molecule has 0 spiro atoms. The Kier molecular flexibility index (Phi) is 3.50. The van der Waals surface area contributed by atoms with E-state index in [2.05, 4.69) is 28.9 Å². The highest BCUT2D eigenvalue weighted by Crippen LogP contribution is 2.29. The molecule has 0 bridgehead atoms. The highest BCUT2D eigenvalue weighted by molar-refractivity contribution is 5.49. The van der Waals surface area contributed by atoms with Crippen molar-refractivity contribution >= 4 is 5.69 Å². The molecule has 2 heterocycles. The van der Waals surface area contributed by atoms with Gasteiger partial charge in [0.1, 0.15) is 0 Å². The Morgan fingerprint density at radius 1 is 1.21 bits per heavy atom. The lowest BCUT2D eigenvalue weighted by Crippen LogP contribution is -2.55. The zero-order chi connectivity index (χ0) is 13.4. The zero-order valence-electron chi connectivity index (χ0n) is 11.9. The van der Waals surface area contributed by atoms with Crippen molar-refractivity contribution in [2.24, 2.45) is 0 Å². The van der Waals surface area contributed by atoms with Crippen LogP contribution in [-0.2, 0) is 0 Å². The van der Waals surface area contributed by atoms with Crippen molar-refractivity contribution in [2.75, 3.05) is 24.5 Å². The second kappa shape index (κ2) is 5.14. The topological polar surface area (TPSA) is 26.7 Å². The van der Waals surface area contributed by atoms with Gasteiger partial charge in [0.2, 0.25) is 0 Å². The van der Waals surface area contributed by atoms with E-state index in [-0.39, 0.29) is 6.10 Å². The van der Waals surface area contributed by atoms with Crippen LogP contribution in [0.2, 0.25) is 0 Å². The summed E-state index contributed by atoms with van der Waals surface area (Å²) < 4.78 is 0. The van der Waals surface area contributed by atoms with E-state index in [0.29, 0.717) is 6.04 Å². The van der Waals surface area contributed by atoms with Crippen molar-refractivity contribution in [1.82, 2.24) is 4.90 Å². The standard InChI is InChI=1S/C16H24N2O/c1-12-10-17-9-3-4-16(17)11-18(12)15-7-5-14(6-8-15)13(2)19/h5-8,12-13,16,19H,3-4,9-11H2,1-2H3/t12?,13-,16?/m0/s1. The van der Waals surface area contributed by atoms with Gasteiger partial charge in [0, 0.05) is 30.9 Å². The first-order valence-electron chi connectivity index (χ1n) is 7.44. The monoisotopic (exact) mass is 260 g/mol. The summed E-state index contributed by atoms with van der Waals surface area (Å²) in [6.45, 7) is 7.74. The summed E-state index contributed by atoms with van der Waals surface area (Å²) in [5.74, 6) is 0. The minimum Gasteiger partial charge on any atom is -0.389 e. The van der Waals surface area contributed by atoms with Crippen molar-refractivity contribution in [3.63, 3.8) is 0 Å². The quantitative estimate of drug-likeness (QED) is 0.884. The molecule has 104 valence electrons. The number of hydrogen-bond acceptors (Lipinski definition) is 3. The van der Waals surface area contributed by atoms with Crippen molar-refractivity contribution in [3.8, 4) is 0 Å². The number of benzene rings is 1. The van der Waals surface area contributed by atoms with E-state index >= 15 is 0 Å². The molecule has 0 aliphatic carbocycles. The molecule has 2 aliphatic heterocycles. The Balaban J connectivity index is 1.77.